The van der Waals surface area contributed by atoms with Crippen molar-refractivity contribution >= 4 is 17.5 Å². The predicted molar refractivity (Wildman–Crippen MR) is 109 cm³/mol. The summed E-state index contributed by atoms with van der Waals surface area (Å²) in [6.45, 7) is 5.37. The number of guanidine groups is 1. The maximum absolute atomic E-state index is 16.6. The standard InChI is InChI=1S/C21H27FO3.CH5N3/c1-13(23)21(25)9-7-16-17-5-4-14-12-15(24)6-8-18(14,2)20(17,22)11-10-19(16,21)3;2-1(3)4/h6,8,12,16-17,25H,4-5,7,9-11H2,1-3H3;(H5,2,3,4). The normalized spacial score (nSPS) is 45.1. The van der Waals surface area contributed by atoms with E-state index in [2.05, 4.69) is 11.5 Å². The van der Waals surface area contributed by atoms with Gasteiger partial charge in [-0.05, 0) is 76.4 Å². The molecule has 0 aromatic rings. The van der Waals surface area contributed by atoms with Gasteiger partial charge in [-0.1, -0.05) is 18.6 Å². The van der Waals surface area contributed by atoms with Gasteiger partial charge in [-0.25, -0.2) is 4.39 Å². The smallest absolute Gasteiger partial charge is 0.183 e. The first-order valence-corrected chi connectivity index (χ1v) is 10.3. The molecule has 0 bridgehead atoms. The maximum Gasteiger partial charge on any atom is 0.183 e. The Morgan fingerprint density at radius 3 is 2.41 bits per heavy atom. The number of ketones is 2. The topological polar surface area (TPSA) is 130 Å². The highest BCUT2D eigenvalue weighted by Gasteiger charge is 2.70. The van der Waals surface area contributed by atoms with Gasteiger partial charge < -0.3 is 16.6 Å². The number of halogens is 1. The van der Waals surface area contributed by atoms with E-state index in [1.807, 2.05) is 13.8 Å². The predicted octanol–water partition coefficient (Wildman–Crippen LogP) is 2.55. The molecule has 0 spiro atoms. The van der Waals surface area contributed by atoms with E-state index in [1.165, 1.54) is 13.0 Å². The zero-order valence-corrected chi connectivity index (χ0v) is 17.4. The molecule has 6 N–H and O–H groups in total. The van der Waals surface area contributed by atoms with Crippen LogP contribution in [0.25, 0.3) is 0 Å². The summed E-state index contributed by atoms with van der Waals surface area (Å²) in [6.07, 6.45) is 8.25. The van der Waals surface area contributed by atoms with Crippen molar-refractivity contribution in [2.75, 3.05) is 0 Å². The third-order valence-electron chi connectivity index (χ3n) is 8.40. The number of nitrogens with two attached hydrogens (primary N) is 2. The van der Waals surface area contributed by atoms with Crippen LogP contribution < -0.4 is 11.5 Å². The van der Waals surface area contributed by atoms with Crippen molar-refractivity contribution in [2.24, 2.45) is 34.1 Å². The molecule has 0 aromatic heterocycles. The molecule has 0 aliphatic heterocycles. The number of carbonyl (C=O) groups is 2. The summed E-state index contributed by atoms with van der Waals surface area (Å²) in [5.74, 6) is -0.749. The second-order valence-electron chi connectivity index (χ2n) is 9.55. The Bertz CT molecular complexity index is 820. The van der Waals surface area contributed by atoms with E-state index in [0.717, 1.165) is 5.57 Å². The molecule has 3 fully saturated rings. The van der Waals surface area contributed by atoms with Crippen LogP contribution in [0.2, 0.25) is 0 Å². The lowest BCUT2D eigenvalue weighted by molar-refractivity contribution is -0.175. The molecule has 7 heteroatoms. The summed E-state index contributed by atoms with van der Waals surface area (Å²) in [5.41, 5.74) is 5.81. The fourth-order valence-corrected chi connectivity index (χ4v) is 6.69. The van der Waals surface area contributed by atoms with Crippen LogP contribution in [0.1, 0.15) is 59.3 Å². The summed E-state index contributed by atoms with van der Waals surface area (Å²) >= 11 is 0. The van der Waals surface area contributed by atoms with Crippen molar-refractivity contribution < 1.29 is 19.1 Å². The molecule has 4 aliphatic carbocycles. The lowest BCUT2D eigenvalue weighted by atomic mass is 9.45. The van der Waals surface area contributed by atoms with Gasteiger partial charge in [0.2, 0.25) is 0 Å². The largest absolute Gasteiger partial charge is 0.382 e. The Hall–Kier alpha value is -2.02. The highest BCUT2D eigenvalue weighted by molar-refractivity contribution is 6.01. The molecular weight excluding hydrogens is 373 g/mol. The van der Waals surface area contributed by atoms with Gasteiger partial charge in [0.05, 0.1) is 0 Å². The van der Waals surface area contributed by atoms with Gasteiger partial charge in [-0.3, -0.25) is 15.0 Å². The number of aliphatic hydroxyl groups is 1. The van der Waals surface area contributed by atoms with Crippen molar-refractivity contribution in [3.63, 3.8) is 0 Å². The van der Waals surface area contributed by atoms with Crippen LogP contribution in [0.15, 0.2) is 23.8 Å². The number of Topliss-reactive ketones (excluding diaryl/α,β-unsaturated/α-hetero) is 1. The van der Waals surface area contributed by atoms with Crippen LogP contribution >= 0.6 is 0 Å². The molecule has 0 saturated heterocycles. The number of alkyl halides is 1. The maximum atomic E-state index is 16.6. The molecule has 0 aromatic carbocycles. The number of rotatable bonds is 1. The second-order valence-corrected chi connectivity index (χ2v) is 9.55. The summed E-state index contributed by atoms with van der Waals surface area (Å²) in [4.78, 5) is 24.0. The van der Waals surface area contributed by atoms with Crippen LogP contribution in [0.4, 0.5) is 4.39 Å². The van der Waals surface area contributed by atoms with Crippen LogP contribution in [-0.2, 0) is 9.59 Å². The Morgan fingerprint density at radius 1 is 1.21 bits per heavy atom. The van der Waals surface area contributed by atoms with Crippen molar-refractivity contribution in [2.45, 2.75) is 70.6 Å². The summed E-state index contributed by atoms with van der Waals surface area (Å²) in [5, 5.41) is 17.1. The van der Waals surface area contributed by atoms with Gasteiger partial charge >= 0.3 is 0 Å². The average Bonchev–Trinajstić information content (AvgIpc) is 2.89. The monoisotopic (exact) mass is 405 g/mol. The third kappa shape index (κ3) is 2.88. The number of allylic oxidation sites excluding steroid dienone is 4. The van der Waals surface area contributed by atoms with Crippen molar-refractivity contribution in [3.8, 4) is 0 Å². The van der Waals surface area contributed by atoms with Crippen LogP contribution in [0.3, 0.4) is 0 Å². The Balaban J connectivity index is 0.000000552. The van der Waals surface area contributed by atoms with Crippen LogP contribution in [0.5, 0.6) is 0 Å². The van der Waals surface area contributed by atoms with E-state index in [4.69, 9.17) is 5.41 Å². The first-order valence-electron chi connectivity index (χ1n) is 10.3. The van der Waals surface area contributed by atoms with E-state index in [-0.39, 0.29) is 29.4 Å². The Labute approximate surface area is 171 Å². The SMILES string of the molecule is CC(=O)C1(O)CCC2C3CCC4=CC(=O)C=CC4(C)C3(F)CCC21C.N=C(N)N. The lowest BCUT2D eigenvalue weighted by Gasteiger charge is -2.60. The van der Waals surface area contributed by atoms with Crippen LogP contribution in [0, 0.1) is 28.1 Å². The van der Waals surface area contributed by atoms with E-state index >= 15 is 4.39 Å². The molecule has 0 heterocycles. The summed E-state index contributed by atoms with van der Waals surface area (Å²) in [6, 6.07) is 0. The first kappa shape index (κ1) is 21.7. The van der Waals surface area contributed by atoms with Gasteiger partial charge in [-0.2, -0.15) is 0 Å². The van der Waals surface area contributed by atoms with Gasteiger partial charge in [0.1, 0.15) is 11.3 Å². The number of carbonyl (C=O) groups excluding carboxylic acids is 2. The van der Waals surface area contributed by atoms with E-state index in [1.54, 1.807) is 12.2 Å². The Morgan fingerprint density at radius 2 is 1.83 bits per heavy atom. The third-order valence-corrected chi connectivity index (χ3v) is 8.40. The molecule has 6 atom stereocenters. The molecular formula is C22H32FN3O3. The Kier molecular flexibility index (Phi) is 5.05. The van der Waals surface area contributed by atoms with E-state index < -0.39 is 22.1 Å². The summed E-state index contributed by atoms with van der Waals surface area (Å²) < 4.78 is 16.6. The van der Waals surface area contributed by atoms with E-state index in [0.29, 0.717) is 38.5 Å². The lowest BCUT2D eigenvalue weighted by Crippen LogP contribution is -2.63. The molecule has 3 saturated carbocycles. The minimum Gasteiger partial charge on any atom is -0.382 e. The first-order chi connectivity index (χ1) is 13.3. The highest BCUT2D eigenvalue weighted by Crippen LogP contribution is 2.69. The number of hydrogen-bond acceptors (Lipinski definition) is 4. The molecule has 0 amide bonds. The molecule has 160 valence electrons. The number of hydrogen-bond donors (Lipinski definition) is 4. The molecule has 6 nitrogen and oxygen atoms in total. The van der Waals surface area contributed by atoms with E-state index in [9.17, 15) is 14.7 Å². The zero-order valence-electron chi connectivity index (χ0n) is 17.4. The average molecular weight is 406 g/mol. The van der Waals surface area contributed by atoms with Gasteiger partial charge in [0.15, 0.2) is 17.5 Å². The highest BCUT2D eigenvalue weighted by atomic mass is 19.1. The summed E-state index contributed by atoms with van der Waals surface area (Å²) in [7, 11) is 0. The minimum absolute atomic E-state index is 0.00422. The zero-order chi connectivity index (χ0) is 21.8. The van der Waals surface area contributed by atoms with Crippen LogP contribution in [-0.4, -0.2) is 33.9 Å². The number of fused-ring (bicyclic) bond motifs is 5. The fraction of sp³-hybridized carbons (Fsp3) is 0.682. The molecule has 0 radical (unpaired) electrons. The quantitative estimate of drug-likeness (QED) is 0.393. The molecule has 4 rings (SSSR count). The van der Waals surface area contributed by atoms with Crippen molar-refractivity contribution in [3.05, 3.63) is 23.8 Å². The van der Waals surface area contributed by atoms with Gasteiger partial charge in [0, 0.05) is 10.8 Å². The molecule has 4 aliphatic rings. The van der Waals surface area contributed by atoms with Crippen molar-refractivity contribution in [1.29, 1.82) is 5.41 Å². The molecule has 6 unspecified atom stereocenters. The number of nitrogens with one attached hydrogen (secondary N) is 1. The van der Waals surface area contributed by atoms with Crippen molar-refractivity contribution in [1.82, 2.24) is 0 Å². The minimum atomic E-state index is -1.42. The second kappa shape index (κ2) is 6.76. The fourth-order valence-electron chi connectivity index (χ4n) is 6.69. The molecule has 29 heavy (non-hydrogen) atoms. The van der Waals surface area contributed by atoms with Gasteiger partial charge in [0.25, 0.3) is 0 Å². The van der Waals surface area contributed by atoms with Gasteiger partial charge in [-0.15, -0.1) is 0 Å².